The predicted octanol–water partition coefficient (Wildman–Crippen LogP) is 3.25. The van der Waals surface area contributed by atoms with Crippen molar-refractivity contribution in [1.82, 2.24) is 4.90 Å². The summed E-state index contributed by atoms with van der Waals surface area (Å²) in [5, 5.41) is 17.1. The molecule has 2 N–H and O–H groups in total. The van der Waals surface area contributed by atoms with Gasteiger partial charge in [-0.2, -0.15) is 0 Å². The highest BCUT2D eigenvalue weighted by Crippen LogP contribution is 2.41. The van der Waals surface area contributed by atoms with Gasteiger partial charge in [-0.15, -0.1) is 0 Å². The number of rotatable bonds is 3. The highest BCUT2D eigenvalue weighted by atomic mass is 16.4. The van der Waals surface area contributed by atoms with Crippen LogP contribution in [0.2, 0.25) is 0 Å². The van der Waals surface area contributed by atoms with E-state index in [0.717, 1.165) is 13.5 Å². The van der Waals surface area contributed by atoms with Gasteiger partial charge in [-0.3, -0.25) is 4.79 Å². The van der Waals surface area contributed by atoms with E-state index in [1.807, 2.05) is 12.1 Å². The maximum atomic E-state index is 9.67. The van der Waals surface area contributed by atoms with Crippen LogP contribution in [-0.2, 0) is 10.2 Å². The van der Waals surface area contributed by atoms with Crippen molar-refractivity contribution in [2.45, 2.75) is 51.5 Å². The standard InChI is InChI=1S/C15H23NO.C2H4O2/c1-4-8-15(10-12(2)16(3)11-15)13-6-5-7-14(17)9-13;1-2(3)4/h5-7,9,12,17H,4,8,10-11H2,1-3H3;1H3,(H,3,4). The van der Waals surface area contributed by atoms with Crippen LogP contribution in [0.3, 0.4) is 0 Å². The molecule has 2 rings (SSSR count). The van der Waals surface area contributed by atoms with Gasteiger partial charge >= 0.3 is 0 Å². The van der Waals surface area contributed by atoms with Crippen LogP contribution in [0.1, 0.15) is 45.6 Å². The minimum absolute atomic E-state index is 0.238. The van der Waals surface area contributed by atoms with Crippen LogP contribution >= 0.6 is 0 Å². The van der Waals surface area contributed by atoms with E-state index in [9.17, 15) is 5.11 Å². The Morgan fingerprint density at radius 2 is 2.10 bits per heavy atom. The van der Waals surface area contributed by atoms with Crippen molar-refractivity contribution in [3.8, 4) is 5.75 Å². The zero-order chi connectivity index (χ0) is 16.0. The van der Waals surface area contributed by atoms with Gasteiger partial charge in [-0.05, 0) is 44.5 Å². The van der Waals surface area contributed by atoms with Gasteiger partial charge in [0.05, 0.1) is 0 Å². The summed E-state index contributed by atoms with van der Waals surface area (Å²) in [7, 11) is 2.20. The van der Waals surface area contributed by atoms with Crippen molar-refractivity contribution in [3.63, 3.8) is 0 Å². The summed E-state index contributed by atoms with van der Waals surface area (Å²) in [4.78, 5) is 11.4. The summed E-state index contributed by atoms with van der Waals surface area (Å²) in [6.07, 6.45) is 3.59. The third-order valence-electron chi connectivity index (χ3n) is 4.18. The molecule has 4 nitrogen and oxygen atoms in total. The number of likely N-dealkylation sites (tertiary alicyclic amines) is 1. The molecule has 0 aromatic heterocycles. The van der Waals surface area contributed by atoms with Gasteiger partial charge in [0.1, 0.15) is 5.75 Å². The molecule has 21 heavy (non-hydrogen) atoms. The minimum atomic E-state index is -0.833. The molecule has 4 heteroatoms. The van der Waals surface area contributed by atoms with Crippen molar-refractivity contribution >= 4 is 5.97 Å². The second-order valence-corrected chi connectivity index (χ2v) is 6.07. The molecule has 0 amide bonds. The lowest BCUT2D eigenvalue weighted by atomic mass is 9.75. The van der Waals surface area contributed by atoms with Crippen molar-refractivity contribution in [3.05, 3.63) is 29.8 Å². The van der Waals surface area contributed by atoms with Crippen molar-refractivity contribution in [2.24, 2.45) is 0 Å². The van der Waals surface area contributed by atoms with E-state index >= 15 is 0 Å². The number of aliphatic carboxylic acids is 1. The number of phenolic OH excluding ortho intramolecular Hbond substituents is 1. The molecule has 2 unspecified atom stereocenters. The summed E-state index contributed by atoms with van der Waals surface area (Å²) in [6.45, 7) is 6.72. The molecule has 1 aliphatic rings. The molecule has 1 saturated heterocycles. The van der Waals surface area contributed by atoms with Crippen LogP contribution in [-0.4, -0.2) is 40.7 Å². The normalized spacial score (nSPS) is 25.2. The quantitative estimate of drug-likeness (QED) is 0.898. The van der Waals surface area contributed by atoms with E-state index in [1.54, 1.807) is 6.07 Å². The molecule has 0 bridgehead atoms. The maximum absolute atomic E-state index is 9.67. The summed E-state index contributed by atoms with van der Waals surface area (Å²) in [6, 6.07) is 8.46. The van der Waals surface area contributed by atoms with Crippen molar-refractivity contribution in [1.29, 1.82) is 0 Å². The second kappa shape index (κ2) is 7.46. The number of hydrogen-bond acceptors (Lipinski definition) is 3. The molecular weight excluding hydrogens is 266 g/mol. The van der Waals surface area contributed by atoms with Gasteiger partial charge in [-0.1, -0.05) is 25.5 Å². The number of carbonyl (C=O) groups is 1. The third kappa shape index (κ3) is 4.74. The molecule has 1 aliphatic heterocycles. The highest BCUT2D eigenvalue weighted by Gasteiger charge is 2.41. The Morgan fingerprint density at radius 3 is 2.52 bits per heavy atom. The fraction of sp³-hybridized carbons (Fsp3) is 0.588. The number of benzene rings is 1. The van der Waals surface area contributed by atoms with Gasteiger partial charge in [0.25, 0.3) is 5.97 Å². The van der Waals surface area contributed by atoms with E-state index in [-0.39, 0.29) is 5.41 Å². The molecule has 1 fully saturated rings. The first-order valence-corrected chi connectivity index (χ1v) is 7.50. The van der Waals surface area contributed by atoms with E-state index in [4.69, 9.17) is 9.90 Å². The monoisotopic (exact) mass is 293 g/mol. The second-order valence-electron chi connectivity index (χ2n) is 6.07. The minimum Gasteiger partial charge on any atom is -0.508 e. The highest BCUT2D eigenvalue weighted by molar-refractivity contribution is 5.62. The molecule has 0 aliphatic carbocycles. The summed E-state index contributed by atoms with van der Waals surface area (Å²) < 4.78 is 0. The molecule has 0 radical (unpaired) electrons. The molecule has 1 heterocycles. The Bertz CT molecular complexity index is 459. The summed E-state index contributed by atoms with van der Waals surface area (Å²) >= 11 is 0. The first kappa shape index (κ1) is 17.5. The van der Waals surface area contributed by atoms with Gasteiger partial charge in [0.2, 0.25) is 0 Å². The van der Waals surface area contributed by atoms with E-state index in [2.05, 4.69) is 31.9 Å². The molecule has 118 valence electrons. The molecule has 1 aromatic carbocycles. The largest absolute Gasteiger partial charge is 0.508 e. The lowest BCUT2D eigenvalue weighted by Crippen LogP contribution is -2.29. The van der Waals surface area contributed by atoms with Gasteiger partial charge in [0, 0.05) is 24.9 Å². The average Bonchev–Trinajstić information content (AvgIpc) is 2.66. The van der Waals surface area contributed by atoms with Crippen LogP contribution in [0, 0.1) is 0 Å². The van der Waals surface area contributed by atoms with E-state index < -0.39 is 5.97 Å². The average molecular weight is 293 g/mol. The topological polar surface area (TPSA) is 60.8 Å². The van der Waals surface area contributed by atoms with Crippen LogP contribution in [0.25, 0.3) is 0 Å². The molecule has 0 spiro atoms. The van der Waals surface area contributed by atoms with Gasteiger partial charge in [0.15, 0.2) is 0 Å². The lowest BCUT2D eigenvalue weighted by Gasteiger charge is -2.29. The van der Waals surface area contributed by atoms with Crippen LogP contribution in [0.4, 0.5) is 0 Å². The first-order valence-electron chi connectivity index (χ1n) is 7.50. The van der Waals surface area contributed by atoms with Crippen LogP contribution < -0.4 is 0 Å². The Balaban J connectivity index is 0.000000491. The number of carboxylic acids is 1. The number of hydrogen-bond donors (Lipinski definition) is 2. The number of aromatic hydroxyl groups is 1. The summed E-state index contributed by atoms with van der Waals surface area (Å²) in [5.74, 6) is -0.444. The molecule has 2 atom stereocenters. The zero-order valence-electron chi connectivity index (χ0n) is 13.5. The summed E-state index contributed by atoms with van der Waals surface area (Å²) in [5.41, 5.74) is 1.54. The first-order chi connectivity index (χ1) is 9.80. The van der Waals surface area contributed by atoms with Crippen LogP contribution in [0.5, 0.6) is 5.75 Å². The predicted molar refractivity (Wildman–Crippen MR) is 84.7 cm³/mol. The molecular formula is C17H27NO3. The molecule has 1 aromatic rings. The number of phenols is 1. The Hall–Kier alpha value is -1.55. The lowest BCUT2D eigenvalue weighted by molar-refractivity contribution is -0.134. The Morgan fingerprint density at radius 1 is 1.48 bits per heavy atom. The Kier molecular flexibility index (Phi) is 6.21. The van der Waals surface area contributed by atoms with Crippen molar-refractivity contribution in [2.75, 3.05) is 13.6 Å². The third-order valence-corrected chi connectivity index (χ3v) is 4.18. The number of likely N-dealkylation sites (N-methyl/N-ethyl adjacent to an activating group) is 1. The van der Waals surface area contributed by atoms with Crippen LogP contribution in [0.15, 0.2) is 24.3 Å². The smallest absolute Gasteiger partial charge is 0.300 e. The Labute approximate surface area is 127 Å². The molecule has 0 saturated carbocycles. The van der Waals surface area contributed by atoms with Gasteiger partial charge < -0.3 is 15.1 Å². The maximum Gasteiger partial charge on any atom is 0.300 e. The van der Waals surface area contributed by atoms with Crippen molar-refractivity contribution < 1.29 is 15.0 Å². The number of carboxylic acid groups (broad SMARTS) is 1. The van der Waals surface area contributed by atoms with E-state index in [0.29, 0.717) is 11.8 Å². The van der Waals surface area contributed by atoms with E-state index in [1.165, 1.54) is 24.8 Å². The number of nitrogens with zero attached hydrogens (tertiary/aromatic N) is 1. The fourth-order valence-corrected chi connectivity index (χ4v) is 3.27. The van der Waals surface area contributed by atoms with Gasteiger partial charge in [-0.25, -0.2) is 0 Å². The zero-order valence-corrected chi connectivity index (χ0v) is 13.5. The SMILES string of the molecule is CC(=O)O.CCCC1(c2cccc(O)c2)CC(C)N(C)C1. The fourth-order valence-electron chi connectivity index (χ4n) is 3.27.